The molecule has 1 aliphatic rings. The molecule has 0 aliphatic carbocycles. The maximum atomic E-state index is 12.2. The van der Waals surface area contributed by atoms with Gasteiger partial charge in [-0.15, -0.1) is 0 Å². The monoisotopic (exact) mass is 424 g/mol. The molecule has 0 spiro atoms. The number of aliphatic imine (C=N–C) groups is 2. The number of nitrogens with zero attached hydrogens (tertiary/aromatic N) is 6. The van der Waals surface area contributed by atoms with Gasteiger partial charge in [0.2, 0.25) is 5.43 Å². The van der Waals surface area contributed by atoms with E-state index in [-0.39, 0.29) is 24.7 Å². The molecule has 1 unspecified atom stereocenters. The zero-order valence-corrected chi connectivity index (χ0v) is 17.8. The summed E-state index contributed by atoms with van der Waals surface area (Å²) < 4.78 is 6.80. The second kappa shape index (κ2) is 13.0. The lowest BCUT2D eigenvalue weighted by Gasteiger charge is -2.18. The fourth-order valence-electron chi connectivity index (χ4n) is 2.50. The van der Waals surface area contributed by atoms with E-state index in [0.29, 0.717) is 24.6 Å². The van der Waals surface area contributed by atoms with Crippen molar-refractivity contribution in [3.8, 4) is 0 Å². The molecule has 0 saturated carbocycles. The Morgan fingerprint density at radius 2 is 2.19 bits per heavy atom. The Balaban J connectivity index is 1.93. The maximum Gasteiger partial charge on any atom is 0.203 e. The number of aliphatic hydroxyl groups is 1. The smallest absolute Gasteiger partial charge is 0.203 e. The number of rotatable bonds is 10. The molecule has 164 valence electrons. The van der Waals surface area contributed by atoms with E-state index in [2.05, 4.69) is 26.8 Å². The third-order valence-electron chi connectivity index (χ3n) is 4.07. The first-order valence-electron chi connectivity index (χ1n) is 9.77. The molecule has 1 aliphatic heterocycles. The van der Waals surface area contributed by atoms with Crippen molar-refractivity contribution in [2.75, 3.05) is 33.9 Å². The van der Waals surface area contributed by atoms with Gasteiger partial charge in [-0.25, -0.2) is 4.99 Å². The number of amidine groups is 1. The molecule has 0 aromatic carbocycles. The second-order valence-electron chi connectivity index (χ2n) is 6.52. The van der Waals surface area contributed by atoms with Gasteiger partial charge >= 0.3 is 0 Å². The highest BCUT2D eigenvalue weighted by atomic mass is 16.5. The SMILES string of the molecule is C=C(/C=C\C=C\C(N=CCOCCO)=NC)Cc1nn(C2C=CN(C)N=C2)ccc1=O. The quantitative estimate of drug-likeness (QED) is 0.266. The second-order valence-corrected chi connectivity index (χ2v) is 6.52. The molecule has 0 fully saturated rings. The summed E-state index contributed by atoms with van der Waals surface area (Å²) in [7, 11) is 3.48. The van der Waals surface area contributed by atoms with E-state index in [1.54, 1.807) is 53.6 Å². The first-order chi connectivity index (χ1) is 15.0. The summed E-state index contributed by atoms with van der Waals surface area (Å²) in [5, 5.41) is 19.0. The van der Waals surface area contributed by atoms with E-state index in [4.69, 9.17) is 9.84 Å². The van der Waals surface area contributed by atoms with E-state index in [9.17, 15) is 4.79 Å². The minimum atomic E-state index is -0.136. The number of hydrazone groups is 1. The van der Waals surface area contributed by atoms with Gasteiger partial charge in [0.1, 0.15) is 17.6 Å². The molecule has 0 amide bonds. The maximum absolute atomic E-state index is 12.2. The molecule has 0 saturated heterocycles. The molecular formula is C22H28N6O3. The van der Waals surface area contributed by atoms with Crippen molar-refractivity contribution in [1.82, 2.24) is 14.8 Å². The Kier molecular flexibility index (Phi) is 9.99. The molecule has 2 heterocycles. The van der Waals surface area contributed by atoms with Crippen LogP contribution in [0.4, 0.5) is 0 Å². The first-order valence-corrected chi connectivity index (χ1v) is 9.77. The Labute approximate surface area is 181 Å². The standard InChI is InChI=1S/C22H28N6O3/c1-18(6-4-5-7-22(23-2)24-10-14-31-15-13-29)16-20-21(30)9-12-28(26-20)19-8-11-27(3)25-17-19/h4-12,17,19,29H,1,13-16H2,2-3H3/b6-4-,7-5+,23-22?,24-10?. The lowest BCUT2D eigenvalue weighted by molar-refractivity contribution is 0.120. The highest BCUT2D eigenvalue weighted by Crippen LogP contribution is 2.10. The van der Waals surface area contributed by atoms with Crippen LogP contribution in [-0.2, 0) is 11.2 Å². The minimum absolute atomic E-state index is 0.0209. The van der Waals surface area contributed by atoms with Gasteiger partial charge < -0.3 is 9.84 Å². The fraction of sp³-hybridized carbons (Fsp3) is 0.318. The van der Waals surface area contributed by atoms with Gasteiger partial charge in [-0.2, -0.15) is 10.2 Å². The van der Waals surface area contributed by atoms with Crippen LogP contribution in [0.15, 0.2) is 80.9 Å². The van der Waals surface area contributed by atoms with Crippen LogP contribution in [0.5, 0.6) is 0 Å². The van der Waals surface area contributed by atoms with Crippen molar-refractivity contribution in [2.24, 2.45) is 15.1 Å². The van der Waals surface area contributed by atoms with Gasteiger partial charge in [-0.05, 0) is 17.7 Å². The molecular weight excluding hydrogens is 396 g/mol. The number of aliphatic hydroxyl groups excluding tert-OH is 1. The molecule has 1 aromatic heterocycles. The van der Waals surface area contributed by atoms with Crippen LogP contribution in [0.2, 0.25) is 0 Å². The fourth-order valence-corrected chi connectivity index (χ4v) is 2.50. The molecule has 1 aromatic rings. The first kappa shape index (κ1) is 23.8. The third kappa shape index (κ3) is 8.45. The molecule has 0 bridgehead atoms. The average Bonchev–Trinajstić information content (AvgIpc) is 2.77. The summed E-state index contributed by atoms with van der Waals surface area (Å²) in [6, 6.07) is 1.37. The van der Waals surface area contributed by atoms with Crippen LogP contribution in [0.1, 0.15) is 11.7 Å². The largest absolute Gasteiger partial charge is 0.394 e. The number of hydrogen-bond acceptors (Lipinski definition) is 7. The summed E-state index contributed by atoms with van der Waals surface area (Å²) in [5.41, 5.74) is 1.04. The zero-order chi connectivity index (χ0) is 22.5. The number of hydrogen-bond donors (Lipinski definition) is 1. The van der Waals surface area contributed by atoms with Crippen LogP contribution in [0, 0.1) is 0 Å². The number of allylic oxidation sites excluding steroid dienone is 5. The van der Waals surface area contributed by atoms with Crippen molar-refractivity contribution in [1.29, 1.82) is 0 Å². The predicted octanol–water partition coefficient (Wildman–Crippen LogP) is 1.55. The average molecular weight is 425 g/mol. The van der Waals surface area contributed by atoms with Crippen molar-refractivity contribution in [2.45, 2.75) is 12.5 Å². The summed E-state index contributed by atoms with van der Waals surface area (Å²) in [5.74, 6) is 0.531. The van der Waals surface area contributed by atoms with E-state index in [1.165, 1.54) is 6.07 Å². The van der Waals surface area contributed by atoms with Crippen LogP contribution in [-0.4, -0.2) is 72.1 Å². The van der Waals surface area contributed by atoms with Gasteiger partial charge in [0, 0.05) is 45.2 Å². The third-order valence-corrected chi connectivity index (χ3v) is 4.07. The predicted molar refractivity (Wildman–Crippen MR) is 124 cm³/mol. The molecule has 1 N–H and O–H groups in total. The molecule has 0 radical (unpaired) electrons. The Morgan fingerprint density at radius 1 is 1.39 bits per heavy atom. The minimum Gasteiger partial charge on any atom is -0.394 e. The highest BCUT2D eigenvalue weighted by Gasteiger charge is 2.11. The molecule has 1 atom stereocenters. The topological polar surface area (TPSA) is 105 Å². The van der Waals surface area contributed by atoms with Gasteiger partial charge in [0.15, 0.2) is 0 Å². The van der Waals surface area contributed by atoms with Crippen LogP contribution < -0.4 is 5.43 Å². The summed E-state index contributed by atoms with van der Waals surface area (Å²) in [6.07, 6.45) is 16.3. The van der Waals surface area contributed by atoms with Crippen LogP contribution in [0.3, 0.4) is 0 Å². The summed E-state index contributed by atoms with van der Waals surface area (Å²) in [6.45, 7) is 4.56. The van der Waals surface area contributed by atoms with Crippen molar-refractivity contribution in [3.63, 3.8) is 0 Å². The Morgan fingerprint density at radius 3 is 2.90 bits per heavy atom. The Bertz CT molecular complexity index is 958. The van der Waals surface area contributed by atoms with Gasteiger partial charge in [0.25, 0.3) is 0 Å². The lowest BCUT2D eigenvalue weighted by Crippen LogP contribution is -2.22. The van der Waals surface area contributed by atoms with E-state index < -0.39 is 0 Å². The normalized spacial score (nSPS) is 16.9. The van der Waals surface area contributed by atoms with Crippen LogP contribution in [0.25, 0.3) is 0 Å². The molecule has 2 rings (SSSR count). The number of aromatic nitrogens is 2. The number of ether oxygens (including phenoxy) is 1. The van der Waals surface area contributed by atoms with Crippen LogP contribution >= 0.6 is 0 Å². The van der Waals surface area contributed by atoms with E-state index >= 15 is 0 Å². The lowest BCUT2D eigenvalue weighted by atomic mass is 10.1. The summed E-state index contributed by atoms with van der Waals surface area (Å²) >= 11 is 0. The van der Waals surface area contributed by atoms with Crippen molar-refractivity contribution in [3.05, 3.63) is 76.9 Å². The van der Waals surface area contributed by atoms with Crippen molar-refractivity contribution < 1.29 is 9.84 Å². The van der Waals surface area contributed by atoms with E-state index in [0.717, 1.165) is 5.57 Å². The highest BCUT2D eigenvalue weighted by molar-refractivity contribution is 5.98. The van der Waals surface area contributed by atoms with Crippen molar-refractivity contribution >= 4 is 18.3 Å². The van der Waals surface area contributed by atoms with Gasteiger partial charge in [-0.1, -0.05) is 24.8 Å². The zero-order valence-electron chi connectivity index (χ0n) is 17.8. The summed E-state index contributed by atoms with van der Waals surface area (Å²) in [4.78, 5) is 20.4. The molecule has 31 heavy (non-hydrogen) atoms. The van der Waals surface area contributed by atoms with Gasteiger partial charge in [-0.3, -0.25) is 19.5 Å². The van der Waals surface area contributed by atoms with Gasteiger partial charge in [0.05, 0.1) is 26.0 Å². The Hall–Kier alpha value is -3.43. The molecule has 9 heteroatoms. The molecule has 9 nitrogen and oxygen atoms in total. The van der Waals surface area contributed by atoms with E-state index in [1.807, 2.05) is 25.4 Å².